The number of rotatable bonds is 3. The summed E-state index contributed by atoms with van der Waals surface area (Å²) in [6.45, 7) is 2.01. The fraction of sp³-hybridized carbons (Fsp3) is 0.167. The summed E-state index contributed by atoms with van der Waals surface area (Å²) in [6.07, 6.45) is 1.82. The first kappa shape index (κ1) is 13.7. The van der Waals surface area contributed by atoms with Crippen LogP contribution in [0.3, 0.4) is 0 Å². The van der Waals surface area contributed by atoms with Crippen LogP contribution in [0.15, 0.2) is 54.7 Å². The van der Waals surface area contributed by atoms with Crippen molar-refractivity contribution in [3.05, 3.63) is 66.1 Å². The first-order chi connectivity index (χ1) is 10.2. The molecule has 0 saturated carbocycles. The lowest BCUT2D eigenvalue weighted by Gasteiger charge is -2.11. The van der Waals surface area contributed by atoms with Crippen LogP contribution in [0, 0.1) is 5.82 Å². The maximum absolute atomic E-state index is 13.2. The molecule has 3 aromatic rings. The zero-order valence-corrected chi connectivity index (χ0v) is 12.0. The largest absolute Gasteiger partial charge is 0.377 e. The minimum Gasteiger partial charge on any atom is -0.377 e. The van der Waals surface area contributed by atoms with Crippen molar-refractivity contribution < 1.29 is 9.13 Å². The van der Waals surface area contributed by atoms with Crippen molar-refractivity contribution in [3.63, 3.8) is 0 Å². The molecular weight excluding hydrogens is 265 g/mol. The van der Waals surface area contributed by atoms with Gasteiger partial charge in [0.2, 0.25) is 0 Å². The second-order valence-corrected chi connectivity index (χ2v) is 5.06. The van der Waals surface area contributed by atoms with Crippen LogP contribution in [0.4, 0.5) is 4.39 Å². The van der Waals surface area contributed by atoms with Gasteiger partial charge in [-0.2, -0.15) is 0 Å². The van der Waals surface area contributed by atoms with E-state index in [0.29, 0.717) is 5.52 Å². The number of pyridine rings is 1. The molecular formula is C18H16FNO. The maximum Gasteiger partial charge on any atom is 0.125 e. The molecule has 0 radical (unpaired) electrons. The summed E-state index contributed by atoms with van der Waals surface area (Å²) < 4.78 is 18.5. The van der Waals surface area contributed by atoms with Crippen LogP contribution in [-0.2, 0) is 4.74 Å². The lowest BCUT2D eigenvalue weighted by molar-refractivity contribution is 0.119. The van der Waals surface area contributed by atoms with E-state index in [9.17, 15) is 4.39 Å². The topological polar surface area (TPSA) is 22.1 Å². The number of nitrogens with zero attached hydrogens (tertiary/aromatic N) is 1. The standard InChI is InChI=1S/C18H16FNO/c1-12(21-2)13-4-3-5-14(8-13)16-9-15-6-7-17(19)10-18(15)20-11-16/h3-12H,1-2H3. The number of ether oxygens (including phenoxy) is 1. The summed E-state index contributed by atoms with van der Waals surface area (Å²) in [5.41, 5.74) is 3.88. The Morgan fingerprint density at radius 2 is 1.90 bits per heavy atom. The van der Waals surface area contributed by atoms with Gasteiger partial charge >= 0.3 is 0 Å². The molecule has 0 aliphatic heterocycles. The van der Waals surface area contributed by atoms with Gasteiger partial charge in [-0.15, -0.1) is 0 Å². The zero-order chi connectivity index (χ0) is 14.8. The van der Waals surface area contributed by atoms with E-state index in [-0.39, 0.29) is 11.9 Å². The number of fused-ring (bicyclic) bond motifs is 1. The van der Waals surface area contributed by atoms with E-state index in [1.807, 2.05) is 31.2 Å². The monoisotopic (exact) mass is 281 g/mol. The Hall–Kier alpha value is -2.26. The number of halogens is 1. The van der Waals surface area contributed by atoms with Crippen molar-refractivity contribution in [3.8, 4) is 11.1 Å². The molecule has 3 heteroatoms. The predicted molar refractivity (Wildman–Crippen MR) is 82.6 cm³/mol. The highest BCUT2D eigenvalue weighted by atomic mass is 19.1. The SMILES string of the molecule is COC(C)c1cccc(-c2cnc3cc(F)ccc3c2)c1. The fourth-order valence-corrected chi connectivity index (χ4v) is 2.36. The molecule has 0 fully saturated rings. The molecule has 0 aliphatic rings. The number of benzene rings is 2. The molecule has 0 bridgehead atoms. The van der Waals surface area contributed by atoms with Gasteiger partial charge in [-0.25, -0.2) is 4.39 Å². The van der Waals surface area contributed by atoms with Gasteiger partial charge < -0.3 is 4.74 Å². The van der Waals surface area contributed by atoms with Gasteiger partial charge in [0.05, 0.1) is 11.6 Å². The second-order valence-electron chi connectivity index (χ2n) is 5.06. The van der Waals surface area contributed by atoms with Crippen molar-refractivity contribution in [1.82, 2.24) is 4.98 Å². The van der Waals surface area contributed by atoms with E-state index in [1.54, 1.807) is 19.4 Å². The summed E-state index contributed by atoms with van der Waals surface area (Å²) in [4.78, 5) is 4.34. The van der Waals surface area contributed by atoms with Crippen LogP contribution in [-0.4, -0.2) is 12.1 Å². The number of methoxy groups -OCH3 is 1. The predicted octanol–water partition coefficient (Wildman–Crippen LogP) is 4.75. The Morgan fingerprint density at radius 1 is 1.05 bits per heavy atom. The average Bonchev–Trinajstić information content (AvgIpc) is 2.53. The van der Waals surface area contributed by atoms with Gasteiger partial charge in [0.25, 0.3) is 0 Å². The Morgan fingerprint density at radius 3 is 2.71 bits per heavy atom. The van der Waals surface area contributed by atoms with E-state index < -0.39 is 0 Å². The Balaban J connectivity index is 2.06. The third-order valence-electron chi connectivity index (χ3n) is 3.69. The highest BCUT2D eigenvalue weighted by molar-refractivity contribution is 5.83. The first-order valence-corrected chi connectivity index (χ1v) is 6.86. The third kappa shape index (κ3) is 2.78. The number of hydrogen-bond acceptors (Lipinski definition) is 2. The molecule has 2 aromatic carbocycles. The molecule has 106 valence electrons. The van der Waals surface area contributed by atoms with E-state index in [4.69, 9.17) is 4.74 Å². The van der Waals surface area contributed by atoms with Crippen LogP contribution >= 0.6 is 0 Å². The Bertz CT molecular complexity index is 785. The van der Waals surface area contributed by atoms with Crippen LogP contribution in [0.25, 0.3) is 22.0 Å². The molecule has 21 heavy (non-hydrogen) atoms. The van der Waals surface area contributed by atoms with Gasteiger partial charge in [-0.05, 0) is 42.3 Å². The molecule has 3 rings (SSSR count). The van der Waals surface area contributed by atoms with Crippen LogP contribution in [0.2, 0.25) is 0 Å². The molecule has 0 saturated heterocycles. The average molecular weight is 281 g/mol. The summed E-state index contributed by atoms with van der Waals surface area (Å²) in [6, 6.07) is 14.9. The van der Waals surface area contributed by atoms with Gasteiger partial charge in [0.1, 0.15) is 5.82 Å². The van der Waals surface area contributed by atoms with Gasteiger partial charge in [-0.3, -0.25) is 4.98 Å². The fourth-order valence-electron chi connectivity index (χ4n) is 2.36. The molecule has 0 amide bonds. The maximum atomic E-state index is 13.2. The Kier molecular flexibility index (Phi) is 3.67. The Labute approximate surface area is 123 Å². The normalized spacial score (nSPS) is 12.5. The highest BCUT2D eigenvalue weighted by Gasteiger charge is 2.07. The summed E-state index contributed by atoms with van der Waals surface area (Å²) >= 11 is 0. The van der Waals surface area contributed by atoms with Gasteiger partial charge in [0.15, 0.2) is 0 Å². The minimum atomic E-state index is -0.265. The first-order valence-electron chi connectivity index (χ1n) is 6.86. The van der Waals surface area contributed by atoms with Gasteiger partial charge in [0, 0.05) is 30.3 Å². The number of hydrogen-bond donors (Lipinski definition) is 0. The molecule has 2 nitrogen and oxygen atoms in total. The van der Waals surface area contributed by atoms with E-state index in [0.717, 1.165) is 22.1 Å². The highest BCUT2D eigenvalue weighted by Crippen LogP contribution is 2.26. The van der Waals surface area contributed by atoms with Gasteiger partial charge in [-0.1, -0.05) is 18.2 Å². The molecule has 1 aromatic heterocycles. The van der Waals surface area contributed by atoms with Crippen molar-refractivity contribution in [2.45, 2.75) is 13.0 Å². The second kappa shape index (κ2) is 5.62. The molecule has 0 aliphatic carbocycles. The van der Waals surface area contributed by atoms with Crippen molar-refractivity contribution in [2.75, 3.05) is 7.11 Å². The van der Waals surface area contributed by atoms with Crippen molar-refractivity contribution in [1.29, 1.82) is 0 Å². The molecule has 0 spiro atoms. The summed E-state index contributed by atoms with van der Waals surface area (Å²) in [7, 11) is 1.70. The molecule has 0 N–H and O–H groups in total. The van der Waals surface area contributed by atoms with E-state index in [1.165, 1.54) is 12.1 Å². The third-order valence-corrected chi connectivity index (χ3v) is 3.69. The smallest absolute Gasteiger partial charge is 0.125 e. The van der Waals surface area contributed by atoms with E-state index in [2.05, 4.69) is 11.1 Å². The minimum absolute atomic E-state index is 0.0486. The van der Waals surface area contributed by atoms with Crippen LogP contribution in [0.5, 0.6) is 0 Å². The lowest BCUT2D eigenvalue weighted by atomic mass is 10.0. The van der Waals surface area contributed by atoms with Crippen LogP contribution < -0.4 is 0 Å². The van der Waals surface area contributed by atoms with Crippen molar-refractivity contribution >= 4 is 10.9 Å². The summed E-state index contributed by atoms with van der Waals surface area (Å²) in [5, 5.41) is 0.930. The van der Waals surface area contributed by atoms with E-state index >= 15 is 0 Å². The molecule has 1 unspecified atom stereocenters. The molecule has 1 atom stereocenters. The van der Waals surface area contributed by atoms with Crippen molar-refractivity contribution in [2.24, 2.45) is 0 Å². The summed E-state index contributed by atoms with van der Waals surface area (Å²) in [5.74, 6) is -0.265. The van der Waals surface area contributed by atoms with Crippen LogP contribution in [0.1, 0.15) is 18.6 Å². The molecule has 1 heterocycles. The zero-order valence-electron chi connectivity index (χ0n) is 12.0. The quantitative estimate of drug-likeness (QED) is 0.691. The lowest BCUT2D eigenvalue weighted by Crippen LogP contribution is -1.95. The number of aromatic nitrogens is 1.